The average Bonchev–Trinajstić information content (AvgIpc) is 3.57. The first-order valence-corrected chi connectivity index (χ1v) is 11.4. The monoisotopic (exact) mass is 425 g/mol. The van der Waals surface area contributed by atoms with E-state index in [2.05, 4.69) is 35.2 Å². The van der Waals surface area contributed by atoms with Gasteiger partial charge in [-0.2, -0.15) is 0 Å². The van der Waals surface area contributed by atoms with Gasteiger partial charge in [0.05, 0.1) is 13.0 Å². The summed E-state index contributed by atoms with van der Waals surface area (Å²) in [5.41, 5.74) is 1.46. The summed E-state index contributed by atoms with van der Waals surface area (Å²) >= 11 is 0. The molecule has 1 aliphatic heterocycles. The second kappa shape index (κ2) is 9.82. The Morgan fingerprint density at radius 3 is 2.52 bits per heavy atom. The minimum absolute atomic E-state index is 0.0197. The van der Waals surface area contributed by atoms with Crippen LogP contribution in [0.15, 0.2) is 54.6 Å². The summed E-state index contributed by atoms with van der Waals surface area (Å²) in [6, 6.07) is 17.3. The van der Waals surface area contributed by atoms with Gasteiger partial charge in [-0.15, -0.1) is 0 Å². The number of para-hydroxylation sites is 1. The van der Waals surface area contributed by atoms with Crippen LogP contribution in [0.5, 0.6) is 5.75 Å². The highest BCUT2D eigenvalue weighted by Gasteiger charge is 2.42. The van der Waals surface area contributed by atoms with Crippen molar-refractivity contribution in [2.75, 3.05) is 26.2 Å². The minimum Gasteiger partial charge on any atom is -0.490 e. The van der Waals surface area contributed by atoms with Crippen LogP contribution in [0.2, 0.25) is 0 Å². The molecule has 1 saturated carbocycles. The van der Waals surface area contributed by atoms with Crippen molar-refractivity contribution in [3.05, 3.63) is 66.0 Å². The summed E-state index contributed by atoms with van der Waals surface area (Å²) in [5, 5.41) is 8.97. The van der Waals surface area contributed by atoms with Gasteiger partial charge in [-0.3, -0.25) is 4.79 Å². The number of likely N-dealkylation sites (tertiary alicyclic amines) is 1. The molecule has 1 unspecified atom stereocenters. The summed E-state index contributed by atoms with van der Waals surface area (Å²) < 4.78 is 20.1. The van der Waals surface area contributed by atoms with Gasteiger partial charge in [0, 0.05) is 12.0 Å². The van der Waals surface area contributed by atoms with Gasteiger partial charge < -0.3 is 14.7 Å². The number of aliphatic carboxylic acids is 1. The van der Waals surface area contributed by atoms with Crippen molar-refractivity contribution in [3.8, 4) is 5.75 Å². The molecule has 2 aliphatic rings. The number of benzene rings is 2. The normalized spacial score (nSPS) is 22.7. The molecule has 166 valence electrons. The molecule has 1 saturated heterocycles. The zero-order valence-electron chi connectivity index (χ0n) is 18.0. The second-order valence-corrected chi connectivity index (χ2v) is 9.26. The number of halogens is 1. The molecule has 31 heavy (non-hydrogen) atoms. The van der Waals surface area contributed by atoms with E-state index in [9.17, 15) is 9.18 Å². The zero-order valence-corrected chi connectivity index (χ0v) is 18.0. The molecule has 1 aliphatic carbocycles. The number of ether oxygens (including phenoxy) is 1. The Morgan fingerprint density at radius 2 is 1.81 bits per heavy atom. The Morgan fingerprint density at radius 1 is 1.10 bits per heavy atom. The van der Waals surface area contributed by atoms with Crippen molar-refractivity contribution in [3.63, 3.8) is 0 Å². The van der Waals surface area contributed by atoms with Gasteiger partial charge in [0.25, 0.3) is 0 Å². The first-order chi connectivity index (χ1) is 15.0. The molecule has 2 aromatic carbocycles. The molecule has 0 spiro atoms. The molecular formula is C26H32FNO3. The van der Waals surface area contributed by atoms with E-state index < -0.39 is 5.97 Å². The minimum atomic E-state index is -0.750. The highest BCUT2D eigenvalue weighted by molar-refractivity contribution is 5.66. The second-order valence-electron chi connectivity index (χ2n) is 9.26. The lowest BCUT2D eigenvalue weighted by atomic mass is 9.74. The maximum Gasteiger partial charge on any atom is 0.304 e. The third kappa shape index (κ3) is 5.85. The standard InChI is InChI=1S/C26H32FNO3/c27-23-8-4-5-9-24(23)31-19-26(13-16-28(17-14-26)15-11-25(29)30)12-10-21-18-22(21)20-6-2-1-3-7-20/h1-9,21-22H,10-19H2,(H,29,30)/t21-,22?/m1/s1. The van der Waals surface area contributed by atoms with Crippen molar-refractivity contribution in [1.82, 2.24) is 4.90 Å². The van der Waals surface area contributed by atoms with Gasteiger partial charge in [0.1, 0.15) is 0 Å². The molecular weight excluding hydrogens is 393 g/mol. The average molecular weight is 426 g/mol. The van der Waals surface area contributed by atoms with E-state index in [0.717, 1.165) is 44.7 Å². The quantitative estimate of drug-likeness (QED) is 0.558. The lowest BCUT2D eigenvalue weighted by Gasteiger charge is -2.42. The number of carboxylic acids is 1. The summed E-state index contributed by atoms with van der Waals surface area (Å²) in [4.78, 5) is 13.1. The molecule has 0 amide bonds. The fourth-order valence-electron chi connectivity index (χ4n) is 4.93. The first kappa shape index (κ1) is 21.8. The molecule has 0 aromatic heterocycles. The fraction of sp³-hybridized carbons (Fsp3) is 0.500. The summed E-state index contributed by atoms with van der Waals surface area (Å²) in [5.74, 6) is 0.645. The predicted octanol–water partition coefficient (Wildman–Crippen LogP) is 5.35. The van der Waals surface area contributed by atoms with Gasteiger partial charge in [-0.1, -0.05) is 42.5 Å². The van der Waals surface area contributed by atoms with Crippen LogP contribution >= 0.6 is 0 Å². The largest absolute Gasteiger partial charge is 0.490 e. The number of rotatable bonds is 10. The van der Waals surface area contributed by atoms with Crippen LogP contribution in [0.25, 0.3) is 0 Å². The van der Waals surface area contributed by atoms with Gasteiger partial charge >= 0.3 is 5.97 Å². The fourth-order valence-corrected chi connectivity index (χ4v) is 4.93. The maximum atomic E-state index is 14.1. The van der Waals surface area contributed by atoms with E-state index >= 15 is 0 Å². The zero-order chi connectivity index (χ0) is 21.7. The Bertz CT molecular complexity index is 864. The van der Waals surface area contributed by atoms with Gasteiger partial charge in [0.15, 0.2) is 11.6 Å². The SMILES string of the molecule is O=C(O)CCN1CCC(CC[C@@H]2CC2c2ccccc2)(COc2ccccc2F)CC1. The molecule has 0 radical (unpaired) electrons. The third-order valence-electron chi connectivity index (χ3n) is 7.12. The maximum absolute atomic E-state index is 14.1. The highest BCUT2D eigenvalue weighted by Crippen LogP contribution is 2.52. The molecule has 1 heterocycles. The number of hydrogen-bond acceptors (Lipinski definition) is 3. The van der Waals surface area contributed by atoms with Crippen LogP contribution in [0, 0.1) is 17.2 Å². The van der Waals surface area contributed by atoms with E-state index in [-0.39, 0.29) is 17.7 Å². The Hall–Kier alpha value is -2.40. The van der Waals surface area contributed by atoms with Crippen molar-refractivity contribution < 1.29 is 19.0 Å². The van der Waals surface area contributed by atoms with E-state index in [0.29, 0.717) is 24.8 Å². The molecule has 4 rings (SSSR count). The topological polar surface area (TPSA) is 49.8 Å². The number of piperidine rings is 1. The summed E-state index contributed by atoms with van der Waals surface area (Å²) in [7, 11) is 0. The molecule has 4 nitrogen and oxygen atoms in total. The Balaban J connectivity index is 1.36. The van der Waals surface area contributed by atoms with Crippen molar-refractivity contribution in [2.24, 2.45) is 11.3 Å². The highest BCUT2D eigenvalue weighted by atomic mass is 19.1. The summed E-state index contributed by atoms with van der Waals surface area (Å²) in [6.45, 7) is 2.86. The van der Waals surface area contributed by atoms with Crippen LogP contribution in [0.1, 0.15) is 50.0 Å². The first-order valence-electron chi connectivity index (χ1n) is 11.4. The van der Waals surface area contributed by atoms with Crippen LogP contribution in [-0.2, 0) is 4.79 Å². The molecule has 2 fully saturated rings. The van der Waals surface area contributed by atoms with Crippen molar-refractivity contribution in [2.45, 2.75) is 44.4 Å². The van der Waals surface area contributed by atoms with Gasteiger partial charge in [0.2, 0.25) is 0 Å². The van der Waals surface area contributed by atoms with Gasteiger partial charge in [-0.05, 0) is 74.7 Å². The van der Waals surface area contributed by atoms with E-state index in [1.54, 1.807) is 18.2 Å². The Kier molecular flexibility index (Phi) is 6.91. The molecule has 5 heteroatoms. The lowest BCUT2D eigenvalue weighted by Crippen LogP contribution is -2.43. The van der Waals surface area contributed by atoms with E-state index in [1.165, 1.54) is 18.1 Å². The molecule has 2 atom stereocenters. The molecule has 2 aromatic rings. The Labute approximate surface area is 184 Å². The number of nitrogens with zero attached hydrogens (tertiary/aromatic N) is 1. The van der Waals surface area contributed by atoms with E-state index in [4.69, 9.17) is 9.84 Å². The van der Waals surface area contributed by atoms with Crippen LogP contribution < -0.4 is 4.74 Å². The van der Waals surface area contributed by atoms with Crippen molar-refractivity contribution in [1.29, 1.82) is 0 Å². The number of carbonyl (C=O) groups is 1. The van der Waals surface area contributed by atoms with Crippen LogP contribution in [-0.4, -0.2) is 42.2 Å². The van der Waals surface area contributed by atoms with Crippen molar-refractivity contribution >= 4 is 5.97 Å². The predicted molar refractivity (Wildman–Crippen MR) is 119 cm³/mol. The van der Waals surface area contributed by atoms with Crippen LogP contribution in [0.3, 0.4) is 0 Å². The number of hydrogen-bond donors (Lipinski definition) is 1. The smallest absolute Gasteiger partial charge is 0.304 e. The van der Waals surface area contributed by atoms with Gasteiger partial charge in [-0.25, -0.2) is 4.39 Å². The third-order valence-corrected chi connectivity index (χ3v) is 7.12. The number of carboxylic acid groups (broad SMARTS) is 1. The van der Waals surface area contributed by atoms with Crippen LogP contribution in [0.4, 0.5) is 4.39 Å². The molecule has 1 N–H and O–H groups in total. The van der Waals surface area contributed by atoms with E-state index in [1.807, 2.05) is 0 Å². The summed E-state index contributed by atoms with van der Waals surface area (Å²) in [6.07, 6.45) is 5.59. The lowest BCUT2D eigenvalue weighted by molar-refractivity contribution is -0.137. The molecule has 0 bridgehead atoms.